The fraction of sp³-hybridized carbons (Fsp3) is 0.478. The van der Waals surface area contributed by atoms with Crippen LogP contribution in [0.15, 0.2) is 34.1 Å². The first-order valence-electron chi connectivity index (χ1n) is 10.9. The number of hydrogen-bond acceptors (Lipinski definition) is 7. The molecule has 2 aliphatic heterocycles. The largest absolute Gasteiger partial charge is 0.385 e. The fourth-order valence-corrected chi connectivity index (χ4v) is 5.78. The number of pyridine rings is 1. The van der Waals surface area contributed by atoms with Crippen LogP contribution in [-0.2, 0) is 9.53 Å². The molecular weight excluding hydrogens is 444 g/mol. The molecule has 1 amide bonds. The van der Waals surface area contributed by atoms with Crippen molar-refractivity contribution in [2.45, 2.75) is 26.7 Å². The number of nitrogens with zero attached hydrogens (tertiary/aromatic N) is 4. The molecule has 0 unspecified atom stereocenters. The molecule has 0 aromatic carbocycles. The number of carbonyl (C=O) groups is 1. The number of thiocarbonyl (C=S) groups is 1. The van der Waals surface area contributed by atoms with Crippen molar-refractivity contribution in [2.24, 2.45) is 11.8 Å². The summed E-state index contributed by atoms with van der Waals surface area (Å²) in [6, 6.07) is 5.51. The van der Waals surface area contributed by atoms with E-state index in [9.17, 15) is 9.59 Å². The van der Waals surface area contributed by atoms with E-state index >= 15 is 0 Å². The molecule has 2 fully saturated rings. The Bertz CT molecular complexity index is 1120. The summed E-state index contributed by atoms with van der Waals surface area (Å²) in [7, 11) is 1.63. The SMILES string of the molecule is COCCCN1C(=O)/C(=C/c2c(N3C[C@H](C)C[C@H](C)C3)nc3ccccn3c2=O)SC1=S. The van der Waals surface area contributed by atoms with Gasteiger partial charge in [0.05, 0.1) is 10.5 Å². The molecule has 2 atom stereocenters. The Morgan fingerprint density at radius 2 is 2.00 bits per heavy atom. The summed E-state index contributed by atoms with van der Waals surface area (Å²) in [4.78, 5) is 35.6. The number of piperidine rings is 1. The summed E-state index contributed by atoms with van der Waals surface area (Å²) in [5.74, 6) is 1.48. The first kappa shape index (κ1) is 22.9. The van der Waals surface area contributed by atoms with Crippen molar-refractivity contribution < 1.29 is 9.53 Å². The van der Waals surface area contributed by atoms with E-state index in [-0.39, 0.29) is 11.5 Å². The molecule has 9 heteroatoms. The first-order valence-corrected chi connectivity index (χ1v) is 12.1. The molecule has 4 heterocycles. The average Bonchev–Trinajstić information content (AvgIpc) is 3.02. The van der Waals surface area contributed by atoms with Crippen LogP contribution < -0.4 is 10.5 Å². The van der Waals surface area contributed by atoms with Gasteiger partial charge in [-0.05, 0) is 42.9 Å². The lowest BCUT2D eigenvalue weighted by atomic mass is 9.91. The predicted molar refractivity (Wildman–Crippen MR) is 133 cm³/mol. The highest BCUT2D eigenvalue weighted by atomic mass is 32.2. The van der Waals surface area contributed by atoms with Gasteiger partial charge < -0.3 is 9.64 Å². The van der Waals surface area contributed by atoms with Crippen LogP contribution in [0.1, 0.15) is 32.3 Å². The number of hydrogen-bond donors (Lipinski definition) is 0. The Morgan fingerprint density at radius 1 is 1.25 bits per heavy atom. The Hall–Kier alpha value is -2.23. The Kier molecular flexibility index (Phi) is 6.97. The number of anilines is 1. The van der Waals surface area contributed by atoms with Gasteiger partial charge in [0.1, 0.15) is 15.8 Å². The summed E-state index contributed by atoms with van der Waals surface area (Å²) < 4.78 is 7.13. The van der Waals surface area contributed by atoms with E-state index in [4.69, 9.17) is 21.9 Å². The lowest BCUT2D eigenvalue weighted by Crippen LogP contribution is -2.40. The Morgan fingerprint density at radius 3 is 2.72 bits per heavy atom. The van der Waals surface area contributed by atoms with Crippen LogP contribution in [0.25, 0.3) is 11.7 Å². The first-order chi connectivity index (χ1) is 15.4. The van der Waals surface area contributed by atoms with Gasteiger partial charge in [-0.2, -0.15) is 0 Å². The second-order valence-electron chi connectivity index (χ2n) is 8.61. The van der Waals surface area contributed by atoms with Gasteiger partial charge in [0, 0.05) is 39.5 Å². The van der Waals surface area contributed by atoms with E-state index in [1.165, 1.54) is 16.2 Å². The number of ether oxygens (including phenoxy) is 1. The molecule has 7 nitrogen and oxygen atoms in total. The van der Waals surface area contributed by atoms with Gasteiger partial charge in [-0.1, -0.05) is 43.9 Å². The predicted octanol–water partition coefficient (Wildman–Crippen LogP) is 3.41. The fourth-order valence-electron chi connectivity index (χ4n) is 4.49. The van der Waals surface area contributed by atoms with Gasteiger partial charge in [-0.15, -0.1) is 0 Å². The van der Waals surface area contributed by atoms with Crippen LogP contribution in [0.3, 0.4) is 0 Å². The van der Waals surface area contributed by atoms with Crippen LogP contribution in [0.4, 0.5) is 5.82 Å². The van der Waals surface area contributed by atoms with Gasteiger partial charge >= 0.3 is 0 Å². The molecule has 32 heavy (non-hydrogen) atoms. The third-order valence-electron chi connectivity index (χ3n) is 5.80. The van der Waals surface area contributed by atoms with Crippen LogP contribution in [0.2, 0.25) is 0 Å². The highest BCUT2D eigenvalue weighted by molar-refractivity contribution is 8.26. The smallest absolute Gasteiger partial charge is 0.267 e. The van der Waals surface area contributed by atoms with E-state index in [1.807, 2.05) is 12.1 Å². The van der Waals surface area contributed by atoms with Gasteiger partial charge in [-0.3, -0.25) is 18.9 Å². The van der Waals surface area contributed by atoms with Crippen LogP contribution >= 0.6 is 24.0 Å². The van der Waals surface area contributed by atoms with Crippen LogP contribution in [0, 0.1) is 11.8 Å². The Balaban J connectivity index is 1.77. The molecule has 0 spiro atoms. The second-order valence-corrected chi connectivity index (χ2v) is 10.3. The maximum absolute atomic E-state index is 13.5. The number of amides is 1. The van der Waals surface area contributed by atoms with Crippen molar-refractivity contribution in [3.8, 4) is 0 Å². The molecule has 0 saturated carbocycles. The molecule has 0 bridgehead atoms. The molecule has 0 N–H and O–H groups in total. The van der Waals surface area contributed by atoms with E-state index in [0.29, 0.717) is 57.7 Å². The van der Waals surface area contributed by atoms with Crippen LogP contribution in [0.5, 0.6) is 0 Å². The normalized spacial score (nSPS) is 23.0. The Labute approximate surface area is 197 Å². The molecule has 2 aromatic rings. The number of aromatic nitrogens is 2. The maximum Gasteiger partial charge on any atom is 0.267 e. The summed E-state index contributed by atoms with van der Waals surface area (Å²) >= 11 is 6.68. The third-order valence-corrected chi connectivity index (χ3v) is 7.17. The number of thioether (sulfide) groups is 1. The number of rotatable bonds is 6. The number of methoxy groups -OCH3 is 1. The molecule has 2 saturated heterocycles. The van der Waals surface area contributed by atoms with Crippen molar-refractivity contribution in [1.29, 1.82) is 0 Å². The summed E-state index contributed by atoms with van der Waals surface area (Å²) in [6.07, 6.45) is 5.25. The zero-order valence-corrected chi connectivity index (χ0v) is 20.2. The van der Waals surface area contributed by atoms with Crippen molar-refractivity contribution in [3.05, 3.63) is 45.2 Å². The quantitative estimate of drug-likeness (QED) is 0.363. The minimum Gasteiger partial charge on any atom is -0.385 e. The van der Waals surface area contributed by atoms with Gasteiger partial charge in [0.2, 0.25) is 0 Å². The lowest BCUT2D eigenvalue weighted by Gasteiger charge is -2.36. The molecule has 2 aliphatic rings. The third kappa shape index (κ3) is 4.60. The number of carbonyl (C=O) groups excluding carboxylic acids is 1. The van der Waals surface area contributed by atoms with Crippen molar-refractivity contribution in [2.75, 3.05) is 38.3 Å². The zero-order valence-electron chi connectivity index (χ0n) is 18.6. The molecule has 0 aliphatic carbocycles. The van der Waals surface area contributed by atoms with Gasteiger partial charge in [0.15, 0.2) is 0 Å². The summed E-state index contributed by atoms with van der Waals surface area (Å²) in [5, 5.41) is 0. The van der Waals surface area contributed by atoms with E-state index in [1.54, 1.807) is 30.3 Å². The van der Waals surface area contributed by atoms with Gasteiger partial charge in [-0.25, -0.2) is 4.98 Å². The monoisotopic (exact) mass is 472 g/mol. The van der Waals surface area contributed by atoms with Crippen LogP contribution in [-0.4, -0.2) is 57.9 Å². The molecule has 4 rings (SSSR count). The van der Waals surface area contributed by atoms with E-state index in [0.717, 1.165) is 19.5 Å². The highest BCUT2D eigenvalue weighted by Crippen LogP contribution is 2.34. The van der Waals surface area contributed by atoms with Crippen molar-refractivity contribution in [3.63, 3.8) is 0 Å². The minimum atomic E-state index is -0.180. The van der Waals surface area contributed by atoms with E-state index in [2.05, 4.69) is 18.7 Å². The molecule has 170 valence electrons. The summed E-state index contributed by atoms with van der Waals surface area (Å²) in [5.41, 5.74) is 0.858. The van der Waals surface area contributed by atoms with Crippen molar-refractivity contribution >= 4 is 51.7 Å². The maximum atomic E-state index is 13.5. The highest BCUT2D eigenvalue weighted by Gasteiger charge is 2.33. The average molecular weight is 473 g/mol. The molecule has 2 aromatic heterocycles. The van der Waals surface area contributed by atoms with E-state index < -0.39 is 0 Å². The topological polar surface area (TPSA) is 67.2 Å². The number of fused-ring (bicyclic) bond motifs is 1. The lowest BCUT2D eigenvalue weighted by molar-refractivity contribution is -0.122. The minimum absolute atomic E-state index is 0.167. The second kappa shape index (κ2) is 9.72. The van der Waals surface area contributed by atoms with Crippen molar-refractivity contribution in [1.82, 2.24) is 14.3 Å². The molecule has 0 radical (unpaired) electrons. The standard InChI is InChI=1S/C23H28N4O3S2/c1-15-11-16(2)14-25(13-15)20-17(21(28)26-8-5-4-7-19(26)24-20)12-18-22(29)27(23(31)32-18)9-6-10-30-3/h4-5,7-8,12,15-16H,6,9-11,13-14H2,1-3H3/b18-12-/t15-,16+. The summed E-state index contributed by atoms with van der Waals surface area (Å²) in [6.45, 7) is 7.17. The molecular formula is C23H28N4O3S2. The van der Waals surface area contributed by atoms with Gasteiger partial charge in [0.25, 0.3) is 11.5 Å². The zero-order chi connectivity index (χ0) is 22.8.